The summed E-state index contributed by atoms with van der Waals surface area (Å²) in [5.41, 5.74) is 0.707. The van der Waals surface area contributed by atoms with Crippen LogP contribution in [0.4, 0.5) is 0 Å². The van der Waals surface area contributed by atoms with Gasteiger partial charge in [-0.05, 0) is 48.7 Å². The van der Waals surface area contributed by atoms with E-state index in [-0.39, 0.29) is 5.91 Å². The smallest absolute Gasteiger partial charge is 0.268 e. The Hall–Kier alpha value is -0.810. The Morgan fingerprint density at radius 1 is 1.42 bits per heavy atom. The Kier molecular flexibility index (Phi) is 4.68. The Morgan fingerprint density at radius 3 is 2.53 bits per heavy atom. The fourth-order valence-corrected chi connectivity index (χ4v) is 3.09. The van der Waals surface area contributed by atoms with Gasteiger partial charge in [0.15, 0.2) is 0 Å². The highest BCUT2D eigenvalue weighted by molar-refractivity contribution is 9.10. The summed E-state index contributed by atoms with van der Waals surface area (Å²) in [5.74, 6) is 0.0243. The summed E-state index contributed by atoms with van der Waals surface area (Å²) in [7, 11) is 1.89. The van der Waals surface area contributed by atoms with E-state index in [1.165, 1.54) is 0 Å². The van der Waals surface area contributed by atoms with E-state index in [1.807, 2.05) is 23.9 Å². The van der Waals surface area contributed by atoms with Crippen molar-refractivity contribution >= 4 is 21.8 Å². The molecule has 1 saturated heterocycles. The number of aryl methyl sites for hydroxylation is 1. The number of carbonyl (C=O) groups excluding carboxylic acids is 1. The first kappa shape index (κ1) is 14.6. The van der Waals surface area contributed by atoms with E-state index in [0.29, 0.717) is 17.8 Å². The van der Waals surface area contributed by atoms with Gasteiger partial charge in [0.25, 0.3) is 5.91 Å². The second-order valence-electron chi connectivity index (χ2n) is 5.53. The molecular formula is C14H22BrN3O. The second kappa shape index (κ2) is 6.09. The average molecular weight is 328 g/mol. The molecule has 1 aliphatic rings. The Morgan fingerprint density at radius 2 is 2.05 bits per heavy atom. The van der Waals surface area contributed by atoms with Crippen molar-refractivity contribution in [2.45, 2.75) is 38.8 Å². The molecular weight excluding hydrogens is 306 g/mol. The van der Waals surface area contributed by atoms with E-state index in [4.69, 9.17) is 0 Å². The van der Waals surface area contributed by atoms with Crippen molar-refractivity contribution in [2.24, 2.45) is 7.05 Å². The molecule has 1 N–H and O–H groups in total. The van der Waals surface area contributed by atoms with E-state index in [0.717, 1.165) is 30.4 Å². The lowest BCUT2D eigenvalue weighted by Crippen LogP contribution is -2.46. The number of likely N-dealkylation sites (tertiary alicyclic amines) is 1. The Bertz CT molecular complexity index is 448. The van der Waals surface area contributed by atoms with Gasteiger partial charge in [0.2, 0.25) is 0 Å². The standard InChI is InChI=1S/C14H22BrN3O/c1-10(2)18-6-4-12(5-7-18)16-14(19)13-8-11(15)9-17(13)3/h8-10,12H,4-7H2,1-3H3,(H,16,19). The molecule has 0 bridgehead atoms. The molecule has 1 aliphatic heterocycles. The van der Waals surface area contributed by atoms with E-state index >= 15 is 0 Å². The van der Waals surface area contributed by atoms with Gasteiger partial charge in [-0.2, -0.15) is 0 Å². The van der Waals surface area contributed by atoms with Crippen LogP contribution in [0.5, 0.6) is 0 Å². The average Bonchev–Trinajstić information content (AvgIpc) is 2.69. The Labute approximate surface area is 123 Å². The molecule has 0 spiro atoms. The summed E-state index contributed by atoms with van der Waals surface area (Å²) in [6.07, 6.45) is 3.97. The third kappa shape index (κ3) is 3.60. The summed E-state index contributed by atoms with van der Waals surface area (Å²) in [6, 6.07) is 2.76. The van der Waals surface area contributed by atoms with Gasteiger partial charge in [-0.15, -0.1) is 0 Å². The molecule has 0 unspecified atom stereocenters. The van der Waals surface area contributed by atoms with Crippen molar-refractivity contribution in [3.8, 4) is 0 Å². The Balaban J connectivity index is 1.89. The number of amides is 1. The van der Waals surface area contributed by atoms with Crippen LogP contribution in [0.3, 0.4) is 0 Å². The zero-order valence-corrected chi connectivity index (χ0v) is 13.4. The van der Waals surface area contributed by atoms with Crippen LogP contribution in [-0.4, -0.2) is 40.5 Å². The van der Waals surface area contributed by atoms with Gasteiger partial charge in [-0.1, -0.05) is 0 Å². The van der Waals surface area contributed by atoms with Crippen LogP contribution in [0.25, 0.3) is 0 Å². The lowest BCUT2D eigenvalue weighted by atomic mass is 10.0. The first-order valence-corrected chi connectivity index (χ1v) is 7.63. The highest BCUT2D eigenvalue weighted by Crippen LogP contribution is 2.16. The molecule has 1 aromatic heterocycles. The molecule has 4 nitrogen and oxygen atoms in total. The molecule has 2 heterocycles. The van der Waals surface area contributed by atoms with Crippen molar-refractivity contribution in [1.82, 2.24) is 14.8 Å². The summed E-state index contributed by atoms with van der Waals surface area (Å²) >= 11 is 3.39. The first-order valence-electron chi connectivity index (χ1n) is 6.84. The van der Waals surface area contributed by atoms with Crippen molar-refractivity contribution < 1.29 is 4.79 Å². The molecule has 1 fully saturated rings. The minimum atomic E-state index is 0.0243. The lowest BCUT2D eigenvalue weighted by molar-refractivity contribution is 0.0892. The van der Waals surface area contributed by atoms with Gasteiger partial charge in [0.05, 0.1) is 0 Å². The van der Waals surface area contributed by atoms with Gasteiger partial charge < -0.3 is 14.8 Å². The van der Waals surface area contributed by atoms with Crippen LogP contribution < -0.4 is 5.32 Å². The zero-order valence-electron chi connectivity index (χ0n) is 11.8. The molecule has 0 saturated carbocycles. The maximum Gasteiger partial charge on any atom is 0.268 e. The van der Waals surface area contributed by atoms with Crippen molar-refractivity contribution in [3.05, 3.63) is 22.4 Å². The number of piperidine rings is 1. The molecule has 106 valence electrons. The van der Waals surface area contributed by atoms with E-state index in [9.17, 15) is 4.79 Å². The van der Waals surface area contributed by atoms with Crippen LogP contribution >= 0.6 is 15.9 Å². The van der Waals surface area contributed by atoms with Gasteiger partial charge >= 0.3 is 0 Å². The van der Waals surface area contributed by atoms with E-state index in [1.54, 1.807) is 0 Å². The number of carbonyl (C=O) groups is 1. The second-order valence-corrected chi connectivity index (χ2v) is 6.45. The number of hydrogen-bond acceptors (Lipinski definition) is 2. The normalized spacial score (nSPS) is 17.9. The van der Waals surface area contributed by atoms with E-state index < -0.39 is 0 Å². The number of halogens is 1. The number of hydrogen-bond donors (Lipinski definition) is 1. The quantitative estimate of drug-likeness (QED) is 0.925. The fourth-order valence-electron chi connectivity index (χ4n) is 2.57. The van der Waals surface area contributed by atoms with Crippen LogP contribution in [-0.2, 0) is 7.05 Å². The number of rotatable bonds is 3. The molecule has 1 amide bonds. The molecule has 0 atom stereocenters. The number of nitrogens with zero attached hydrogens (tertiary/aromatic N) is 2. The van der Waals surface area contributed by atoms with Gasteiger partial charge in [0.1, 0.15) is 5.69 Å². The van der Waals surface area contributed by atoms with Crippen LogP contribution in [0.1, 0.15) is 37.2 Å². The molecule has 1 aromatic rings. The third-order valence-corrected chi connectivity index (χ3v) is 4.23. The van der Waals surface area contributed by atoms with Crippen molar-refractivity contribution in [3.63, 3.8) is 0 Å². The van der Waals surface area contributed by atoms with Gasteiger partial charge in [-0.3, -0.25) is 4.79 Å². The zero-order chi connectivity index (χ0) is 14.0. The molecule has 0 aromatic carbocycles. The number of nitrogens with one attached hydrogen (secondary N) is 1. The molecule has 2 rings (SSSR count). The monoisotopic (exact) mass is 327 g/mol. The summed E-state index contributed by atoms with van der Waals surface area (Å²) in [6.45, 7) is 6.58. The van der Waals surface area contributed by atoms with Crippen LogP contribution in [0.15, 0.2) is 16.7 Å². The summed E-state index contributed by atoms with van der Waals surface area (Å²) < 4.78 is 2.79. The lowest BCUT2D eigenvalue weighted by Gasteiger charge is -2.34. The largest absolute Gasteiger partial charge is 0.348 e. The van der Waals surface area contributed by atoms with Crippen LogP contribution in [0.2, 0.25) is 0 Å². The maximum atomic E-state index is 12.2. The molecule has 19 heavy (non-hydrogen) atoms. The van der Waals surface area contributed by atoms with Crippen LogP contribution in [0, 0.1) is 0 Å². The SMILES string of the molecule is CC(C)N1CCC(NC(=O)c2cc(Br)cn2C)CC1. The topological polar surface area (TPSA) is 37.3 Å². The van der Waals surface area contributed by atoms with Crippen molar-refractivity contribution in [2.75, 3.05) is 13.1 Å². The summed E-state index contributed by atoms with van der Waals surface area (Å²) in [5, 5.41) is 3.14. The molecule has 0 aliphatic carbocycles. The highest BCUT2D eigenvalue weighted by atomic mass is 79.9. The van der Waals surface area contributed by atoms with Gasteiger partial charge in [0, 0.05) is 42.9 Å². The van der Waals surface area contributed by atoms with E-state index in [2.05, 4.69) is 40.0 Å². The first-order chi connectivity index (χ1) is 8.97. The highest BCUT2D eigenvalue weighted by Gasteiger charge is 2.23. The maximum absolute atomic E-state index is 12.2. The predicted octanol–water partition coefficient (Wildman–Crippen LogP) is 2.39. The number of aromatic nitrogens is 1. The predicted molar refractivity (Wildman–Crippen MR) is 80.3 cm³/mol. The molecule has 5 heteroatoms. The third-order valence-electron chi connectivity index (χ3n) is 3.80. The minimum absolute atomic E-state index is 0.0243. The molecule has 0 radical (unpaired) electrons. The summed E-state index contributed by atoms with van der Waals surface area (Å²) in [4.78, 5) is 14.7. The fraction of sp³-hybridized carbons (Fsp3) is 0.643. The van der Waals surface area contributed by atoms with Crippen molar-refractivity contribution in [1.29, 1.82) is 0 Å². The van der Waals surface area contributed by atoms with Gasteiger partial charge in [-0.25, -0.2) is 0 Å². The minimum Gasteiger partial charge on any atom is -0.348 e.